The normalized spacial score (nSPS) is 14.1. The molecule has 2 rings (SSSR count). The molecular weight excluding hydrogens is 784 g/mol. The minimum atomic E-state index is -1.61. The van der Waals surface area contributed by atoms with Crippen LogP contribution in [0.5, 0.6) is 5.75 Å². The van der Waals surface area contributed by atoms with Crippen LogP contribution in [0.3, 0.4) is 0 Å². The number of carbonyl (C=O) groups excluding carboxylic acids is 6. The van der Waals surface area contributed by atoms with E-state index in [0.29, 0.717) is 30.6 Å². The van der Waals surface area contributed by atoms with E-state index in [1.54, 1.807) is 13.8 Å². The molecule has 21 heteroatoms. The molecule has 1 heterocycles. The van der Waals surface area contributed by atoms with Crippen molar-refractivity contribution in [1.82, 2.24) is 41.9 Å². The van der Waals surface area contributed by atoms with Crippen molar-refractivity contribution < 1.29 is 59.4 Å². The number of aliphatic carboxylic acids is 2. The Kier molecular flexibility index (Phi) is 21.2. The fourth-order valence-electron chi connectivity index (χ4n) is 6.04. The number of phenols is 1. The molecule has 0 saturated heterocycles. The number of rotatable bonds is 27. The molecule has 332 valence electrons. The highest BCUT2D eigenvalue weighted by molar-refractivity contribution is 5.97. The van der Waals surface area contributed by atoms with Gasteiger partial charge in [0.25, 0.3) is 0 Å². The summed E-state index contributed by atoms with van der Waals surface area (Å²) in [4.78, 5) is 111. The zero-order chi connectivity index (χ0) is 44.9. The Labute approximate surface area is 348 Å². The first-order valence-corrected chi connectivity index (χ1v) is 19.8. The van der Waals surface area contributed by atoms with E-state index >= 15 is 0 Å². The van der Waals surface area contributed by atoms with Gasteiger partial charge in [-0.1, -0.05) is 39.8 Å². The van der Waals surface area contributed by atoms with Gasteiger partial charge >= 0.3 is 11.9 Å². The molecule has 0 unspecified atom stereocenters. The lowest BCUT2D eigenvalue weighted by molar-refractivity contribution is -0.368. The molecule has 1 aromatic heterocycles. The first kappa shape index (κ1) is 50.1. The van der Waals surface area contributed by atoms with Gasteiger partial charge in [0.05, 0.1) is 19.4 Å². The van der Waals surface area contributed by atoms with Crippen molar-refractivity contribution >= 4 is 47.4 Å². The van der Waals surface area contributed by atoms with E-state index in [9.17, 15) is 48.6 Å². The number of carbonyl (C=O) groups is 8. The fourth-order valence-corrected chi connectivity index (χ4v) is 6.04. The SMILES string of the molecule is CC(C)C[C@H](NC(=O)[C@H](CCCC[NH3+])NC(=O)[C@@H](NC(=O)CN)C(C)C)C(=O)N[C@@H](Cc1cnc[nH]1)C(=O)N[C@@H](Cc1ccc(O)cc1)C(=O)N[C@@H](CCC(=O)O)C(=O)O. The number of benzene rings is 1. The summed E-state index contributed by atoms with van der Waals surface area (Å²) in [7, 11) is 0. The molecule has 6 amide bonds. The maximum Gasteiger partial charge on any atom is 0.326 e. The highest BCUT2D eigenvalue weighted by Crippen LogP contribution is 2.14. The third-order valence-corrected chi connectivity index (χ3v) is 9.30. The average Bonchev–Trinajstić information content (AvgIpc) is 3.70. The second-order valence-corrected chi connectivity index (χ2v) is 15.2. The van der Waals surface area contributed by atoms with Gasteiger partial charge in [-0.05, 0) is 61.6 Å². The minimum absolute atomic E-state index is 0.0727. The molecule has 0 saturated carbocycles. The van der Waals surface area contributed by atoms with Crippen molar-refractivity contribution in [3.8, 4) is 5.75 Å². The number of aromatic hydroxyl groups is 1. The number of nitrogens with one attached hydrogen (secondary N) is 7. The van der Waals surface area contributed by atoms with Gasteiger partial charge in [0.15, 0.2) is 0 Å². The molecule has 0 aliphatic carbocycles. The number of quaternary nitrogens is 1. The summed E-state index contributed by atoms with van der Waals surface area (Å²) in [6, 6.07) is -2.12. The third kappa shape index (κ3) is 17.8. The van der Waals surface area contributed by atoms with Gasteiger partial charge in [-0.25, -0.2) is 9.78 Å². The molecule has 0 aliphatic heterocycles. The maximum atomic E-state index is 14.1. The second kappa shape index (κ2) is 25.4. The Balaban J connectivity index is 2.44. The highest BCUT2D eigenvalue weighted by atomic mass is 16.4. The number of nitrogens with two attached hydrogens (primary N) is 1. The molecule has 15 N–H and O–H groups in total. The molecule has 2 aromatic rings. The zero-order valence-corrected chi connectivity index (χ0v) is 34.5. The predicted molar refractivity (Wildman–Crippen MR) is 215 cm³/mol. The largest absolute Gasteiger partial charge is 0.508 e. The van der Waals surface area contributed by atoms with Gasteiger partial charge in [0.2, 0.25) is 35.4 Å². The number of carboxylic acid groups (broad SMARTS) is 2. The first-order chi connectivity index (χ1) is 28.3. The van der Waals surface area contributed by atoms with E-state index < -0.39 is 96.5 Å². The lowest BCUT2D eigenvalue weighted by atomic mass is 9.99. The number of hydrogen-bond donors (Lipinski definition) is 12. The Bertz CT molecular complexity index is 1740. The number of unbranched alkanes of at least 4 members (excludes halogenated alkanes) is 1. The lowest BCUT2D eigenvalue weighted by Crippen LogP contribution is -2.60. The van der Waals surface area contributed by atoms with Gasteiger partial charge in [-0.15, -0.1) is 0 Å². The number of phenolic OH excluding ortho intramolecular Hbond substituents is 1. The van der Waals surface area contributed by atoms with Crippen LogP contribution < -0.4 is 43.4 Å². The minimum Gasteiger partial charge on any atom is -0.508 e. The van der Waals surface area contributed by atoms with E-state index in [-0.39, 0.29) is 49.8 Å². The van der Waals surface area contributed by atoms with E-state index in [2.05, 4.69) is 47.6 Å². The first-order valence-electron chi connectivity index (χ1n) is 19.8. The molecule has 0 fully saturated rings. The lowest BCUT2D eigenvalue weighted by Gasteiger charge is -2.28. The number of hydrogen-bond acceptors (Lipinski definition) is 11. The Morgan fingerprint density at radius 1 is 0.717 bits per heavy atom. The van der Waals surface area contributed by atoms with Crippen LogP contribution >= 0.6 is 0 Å². The van der Waals surface area contributed by atoms with E-state index in [0.717, 1.165) is 0 Å². The summed E-state index contributed by atoms with van der Waals surface area (Å²) >= 11 is 0. The molecule has 1 aromatic carbocycles. The van der Waals surface area contributed by atoms with Gasteiger partial charge in [0, 0.05) is 31.2 Å². The summed E-state index contributed by atoms with van der Waals surface area (Å²) in [5.41, 5.74) is 10.1. The van der Waals surface area contributed by atoms with Crippen molar-refractivity contribution in [2.24, 2.45) is 17.6 Å². The Hall–Kier alpha value is -6.09. The standard InChI is InChI=1S/C39H60N10O11/c1-21(2)15-28(46-34(54)26(7-5-6-14-40)44-38(58)33(22(3)4)49-31(51)18-41)35(55)48-30(17-24-19-42-20-43-24)37(57)47-29(16-23-8-10-25(50)11-9-23)36(56)45-27(39(59)60)12-13-32(52)53/h8-11,19-22,26-30,33,50H,5-7,12-18,40-41H2,1-4H3,(H,42,43)(H,44,58)(H,45,56)(H,46,54)(H,47,57)(H,48,55)(H,49,51)(H,52,53)(H,59,60)/p+1/t26-,27-,28-,29-,30-,33-/m0/s1. The van der Waals surface area contributed by atoms with Crippen molar-refractivity contribution in [1.29, 1.82) is 0 Å². The van der Waals surface area contributed by atoms with E-state index in [1.807, 2.05) is 13.8 Å². The van der Waals surface area contributed by atoms with Crippen LogP contribution in [-0.2, 0) is 51.2 Å². The predicted octanol–water partition coefficient (Wildman–Crippen LogP) is -2.17. The van der Waals surface area contributed by atoms with Crippen LogP contribution in [0.1, 0.15) is 77.5 Å². The van der Waals surface area contributed by atoms with Crippen LogP contribution in [0.4, 0.5) is 0 Å². The number of aromatic amines is 1. The van der Waals surface area contributed by atoms with Gasteiger partial charge in [-0.2, -0.15) is 0 Å². The number of aromatic nitrogens is 2. The smallest absolute Gasteiger partial charge is 0.326 e. The number of amides is 6. The molecule has 6 atom stereocenters. The van der Waals surface area contributed by atoms with Gasteiger partial charge in [0.1, 0.15) is 42.0 Å². The van der Waals surface area contributed by atoms with Crippen molar-refractivity contribution in [2.45, 2.75) is 115 Å². The van der Waals surface area contributed by atoms with Crippen molar-refractivity contribution in [2.75, 3.05) is 13.1 Å². The Morgan fingerprint density at radius 3 is 1.78 bits per heavy atom. The van der Waals surface area contributed by atoms with Crippen molar-refractivity contribution in [3.05, 3.63) is 48.0 Å². The summed E-state index contributed by atoms with van der Waals surface area (Å²) in [6.07, 6.45) is 2.84. The zero-order valence-electron chi connectivity index (χ0n) is 34.5. The topological polar surface area (TPSA) is 352 Å². The number of nitrogens with zero attached hydrogens (tertiary/aromatic N) is 1. The summed E-state index contributed by atoms with van der Waals surface area (Å²) < 4.78 is 0. The average molecular weight is 846 g/mol. The van der Waals surface area contributed by atoms with E-state index in [4.69, 9.17) is 10.8 Å². The Morgan fingerprint density at radius 2 is 1.27 bits per heavy atom. The van der Waals surface area contributed by atoms with Gasteiger partial charge < -0.3 is 63.7 Å². The van der Waals surface area contributed by atoms with Crippen LogP contribution in [0.15, 0.2) is 36.8 Å². The second-order valence-electron chi connectivity index (χ2n) is 15.2. The number of H-pyrrole nitrogens is 1. The quantitative estimate of drug-likeness (QED) is 0.0427. The molecule has 0 bridgehead atoms. The van der Waals surface area contributed by atoms with Gasteiger partial charge in [-0.3, -0.25) is 33.6 Å². The summed E-state index contributed by atoms with van der Waals surface area (Å²) in [5.74, 6) is -7.83. The number of imidazole rings is 1. The summed E-state index contributed by atoms with van der Waals surface area (Å²) in [5, 5.41) is 44.1. The fraction of sp³-hybridized carbons (Fsp3) is 0.564. The van der Waals surface area contributed by atoms with Crippen molar-refractivity contribution in [3.63, 3.8) is 0 Å². The maximum absolute atomic E-state index is 14.1. The molecule has 60 heavy (non-hydrogen) atoms. The van der Waals surface area contributed by atoms with Crippen LogP contribution in [0, 0.1) is 11.8 Å². The molecule has 0 aliphatic rings. The van der Waals surface area contributed by atoms with Crippen LogP contribution in [0.2, 0.25) is 0 Å². The molecule has 0 spiro atoms. The monoisotopic (exact) mass is 845 g/mol. The third-order valence-electron chi connectivity index (χ3n) is 9.30. The molecule has 21 nitrogen and oxygen atoms in total. The summed E-state index contributed by atoms with van der Waals surface area (Å²) in [6.45, 7) is 7.29. The molecular formula is C39H61N10O11+. The van der Waals surface area contributed by atoms with Crippen LogP contribution in [0.25, 0.3) is 0 Å². The highest BCUT2D eigenvalue weighted by Gasteiger charge is 2.34. The number of carboxylic acids is 2. The molecule has 0 radical (unpaired) electrons. The van der Waals surface area contributed by atoms with E-state index in [1.165, 1.54) is 36.8 Å². The van der Waals surface area contributed by atoms with Crippen LogP contribution in [-0.4, -0.2) is 122 Å².